The fourth-order valence-electron chi connectivity index (χ4n) is 1.12. The first kappa shape index (κ1) is 12.7. The van der Waals surface area contributed by atoms with Gasteiger partial charge in [-0.2, -0.15) is 0 Å². The first-order valence-corrected chi connectivity index (χ1v) is 6.44. The van der Waals surface area contributed by atoms with Crippen LogP contribution in [0.1, 0.15) is 16.1 Å². The van der Waals surface area contributed by atoms with E-state index in [2.05, 4.69) is 26.1 Å². The number of amides is 1. The third kappa shape index (κ3) is 4.77. The zero-order valence-electron chi connectivity index (χ0n) is 8.92. The average Bonchev–Trinajstić information content (AvgIpc) is 2.59. The summed E-state index contributed by atoms with van der Waals surface area (Å²) in [6.07, 6.45) is 0.977. The van der Waals surface area contributed by atoms with Crippen LogP contribution in [-0.4, -0.2) is 38.0 Å². The van der Waals surface area contributed by atoms with Crippen molar-refractivity contribution in [1.29, 1.82) is 0 Å². The van der Waals surface area contributed by atoms with E-state index < -0.39 is 0 Å². The van der Waals surface area contributed by atoms with Crippen LogP contribution in [0.5, 0.6) is 0 Å². The van der Waals surface area contributed by atoms with Gasteiger partial charge in [0, 0.05) is 16.4 Å². The van der Waals surface area contributed by atoms with Crippen LogP contribution in [0, 0.1) is 0 Å². The van der Waals surface area contributed by atoms with E-state index in [4.69, 9.17) is 0 Å². The number of nitrogens with zero attached hydrogens (tertiary/aromatic N) is 1. The zero-order valence-corrected chi connectivity index (χ0v) is 11.3. The zero-order chi connectivity index (χ0) is 11.3. The standard InChI is InChI=1S/C10H15BrN2OS/c1-13(2)5-3-4-12-10(14)9-6-8(11)7-15-9/h6-7H,3-5H2,1-2H3,(H,12,14). The van der Waals surface area contributed by atoms with Gasteiger partial charge in [0.25, 0.3) is 5.91 Å². The Balaban J connectivity index is 2.25. The summed E-state index contributed by atoms with van der Waals surface area (Å²) in [7, 11) is 4.05. The Morgan fingerprint density at radius 3 is 2.87 bits per heavy atom. The maximum Gasteiger partial charge on any atom is 0.261 e. The van der Waals surface area contributed by atoms with Crippen LogP contribution < -0.4 is 5.32 Å². The van der Waals surface area contributed by atoms with Gasteiger partial charge in [0.2, 0.25) is 0 Å². The summed E-state index contributed by atoms with van der Waals surface area (Å²) in [5.74, 6) is 0.0180. The molecule has 1 rings (SSSR count). The molecule has 0 saturated heterocycles. The minimum Gasteiger partial charge on any atom is -0.351 e. The van der Waals surface area contributed by atoms with Crippen LogP contribution in [-0.2, 0) is 0 Å². The van der Waals surface area contributed by atoms with Crippen molar-refractivity contribution in [2.75, 3.05) is 27.2 Å². The van der Waals surface area contributed by atoms with Crippen LogP contribution in [0.3, 0.4) is 0 Å². The van der Waals surface area contributed by atoms with Gasteiger partial charge >= 0.3 is 0 Å². The van der Waals surface area contributed by atoms with E-state index in [1.807, 2.05) is 25.5 Å². The van der Waals surface area contributed by atoms with E-state index in [1.54, 1.807) is 0 Å². The fraction of sp³-hybridized carbons (Fsp3) is 0.500. The highest BCUT2D eigenvalue weighted by molar-refractivity contribution is 9.10. The maximum atomic E-state index is 11.6. The molecule has 15 heavy (non-hydrogen) atoms. The van der Waals surface area contributed by atoms with Gasteiger partial charge in [-0.25, -0.2) is 0 Å². The van der Waals surface area contributed by atoms with Crippen molar-refractivity contribution >= 4 is 33.2 Å². The number of carbonyl (C=O) groups excluding carboxylic acids is 1. The molecule has 0 saturated carbocycles. The second-order valence-electron chi connectivity index (χ2n) is 3.54. The summed E-state index contributed by atoms with van der Waals surface area (Å²) < 4.78 is 0.964. The number of thiophene rings is 1. The third-order valence-corrected chi connectivity index (χ3v) is 3.55. The number of hydrogen-bond acceptors (Lipinski definition) is 3. The molecule has 1 aromatic rings. The van der Waals surface area contributed by atoms with Crippen molar-refractivity contribution in [2.24, 2.45) is 0 Å². The van der Waals surface area contributed by atoms with E-state index in [1.165, 1.54) is 11.3 Å². The average molecular weight is 291 g/mol. The van der Waals surface area contributed by atoms with Gasteiger partial charge in [0.15, 0.2) is 0 Å². The molecule has 1 heterocycles. The minimum atomic E-state index is 0.0180. The Morgan fingerprint density at radius 1 is 1.60 bits per heavy atom. The molecular weight excluding hydrogens is 276 g/mol. The van der Waals surface area contributed by atoms with E-state index in [0.29, 0.717) is 0 Å². The van der Waals surface area contributed by atoms with E-state index in [0.717, 1.165) is 28.9 Å². The smallest absolute Gasteiger partial charge is 0.261 e. The lowest BCUT2D eigenvalue weighted by Crippen LogP contribution is -2.26. The molecule has 0 aromatic carbocycles. The van der Waals surface area contributed by atoms with Crippen molar-refractivity contribution < 1.29 is 4.79 Å². The normalized spacial score (nSPS) is 10.7. The highest BCUT2D eigenvalue weighted by Gasteiger charge is 2.06. The molecule has 0 unspecified atom stereocenters. The highest BCUT2D eigenvalue weighted by Crippen LogP contribution is 2.19. The van der Waals surface area contributed by atoms with Gasteiger partial charge in [0.1, 0.15) is 0 Å². The van der Waals surface area contributed by atoms with Gasteiger partial charge in [-0.3, -0.25) is 4.79 Å². The third-order valence-electron chi connectivity index (χ3n) is 1.86. The molecule has 0 aliphatic carbocycles. The van der Waals surface area contributed by atoms with E-state index >= 15 is 0 Å². The molecule has 0 spiro atoms. The van der Waals surface area contributed by atoms with Gasteiger partial charge in [0.05, 0.1) is 4.88 Å². The van der Waals surface area contributed by atoms with Gasteiger partial charge in [-0.1, -0.05) is 0 Å². The van der Waals surface area contributed by atoms with Crippen LogP contribution in [0.25, 0.3) is 0 Å². The second-order valence-corrected chi connectivity index (χ2v) is 5.37. The van der Waals surface area contributed by atoms with Crippen LogP contribution in [0.4, 0.5) is 0 Å². The lowest BCUT2D eigenvalue weighted by molar-refractivity contribution is 0.0956. The molecule has 5 heteroatoms. The van der Waals surface area contributed by atoms with Crippen LogP contribution in [0.15, 0.2) is 15.9 Å². The fourth-order valence-corrected chi connectivity index (χ4v) is 2.46. The van der Waals surface area contributed by atoms with Gasteiger partial charge in [-0.05, 0) is 49.1 Å². The predicted molar refractivity (Wildman–Crippen MR) is 67.5 cm³/mol. The molecule has 0 aliphatic rings. The van der Waals surface area contributed by atoms with Crippen molar-refractivity contribution in [3.63, 3.8) is 0 Å². The first-order chi connectivity index (χ1) is 7.09. The van der Waals surface area contributed by atoms with Crippen LogP contribution >= 0.6 is 27.3 Å². The minimum absolute atomic E-state index is 0.0180. The number of carbonyl (C=O) groups is 1. The van der Waals surface area contributed by atoms with E-state index in [-0.39, 0.29) is 5.91 Å². The molecule has 0 radical (unpaired) electrons. The van der Waals surface area contributed by atoms with Crippen molar-refractivity contribution in [2.45, 2.75) is 6.42 Å². The monoisotopic (exact) mass is 290 g/mol. The van der Waals surface area contributed by atoms with Crippen molar-refractivity contribution in [3.8, 4) is 0 Å². The van der Waals surface area contributed by atoms with Crippen molar-refractivity contribution in [3.05, 3.63) is 20.8 Å². The number of nitrogens with one attached hydrogen (secondary N) is 1. The Morgan fingerprint density at radius 2 is 2.33 bits per heavy atom. The molecule has 3 nitrogen and oxygen atoms in total. The Hall–Kier alpha value is -0.390. The first-order valence-electron chi connectivity index (χ1n) is 4.76. The largest absolute Gasteiger partial charge is 0.351 e. The molecule has 0 bridgehead atoms. The van der Waals surface area contributed by atoms with Gasteiger partial charge < -0.3 is 10.2 Å². The van der Waals surface area contributed by atoms with Crippen LogP contribution in [0.2, 0.25) is 0 Å². The molecule has 1 N–H and O–H groups in total. The summed E-state index contributed by atoms with van der Waals surface area (Å²) in [5, 5.41) is 4.80. The lowest BCUT2D eigenvalue weighted by atomic mass is 10.4. The quantitative estimate of drug-likeness (QED) is 0.843. The Bertz CT molecular complexity index is 325. The summed E-state index contributed by atoms with van der Waals surface area (Å²) in [6.45, 7) is 1.72. The van der Waals surface area contributed by atoms with Gasteiger partial charge in [-0.15, -0.1) is 11.3 Å². The van der Waals surface area contributed by atoms with E-state index in [9.17, 15) is 4.79 Å². The predicted octanol–water partition coefficient (Wildman–Crippen LogP) is 2.19. The Kier molecular flexibility index (Phi) is 5.28. The molecule has 0 aliphatic heterocycles. The maximum absolute atomic E-state index is 11.6. The SMILES string of the molecule is CN(C)CCCNC(=O)c1cc(Br)cs1. The topological polar surface area (TPSA) is 32.3 Å². The Labute approximate surface area is 103 Å². The van der Waals surface area contributed by atoms with Crippen molar-refractivity contribution in [1.82, 2.24) is 10.2 Å². The number of hydrogen-bond donors (Lipinski definition) is 1. The summed E-state index contributed by atoms with van der Waals surface area (Å²) in [5.41, 5.74) is 0. The molecule has 1 aromatic heterocycles. The second kappa shape index (κ2) is 6.25. The number of rotatable bonds is 5. The molecular formula is C10H15BrN2OS. The number of halogens is 1. The lowest BCUT2D eigenvalue weighted by Gasteiger charge is -2.09. The summed E-state index contributed by atoms with van der Waals surface area (Å²) in [6, 6.07) is 1.84. The molecule has 0 atom stereocenters. The highest BCUT2D eigenvalue weighted by atomic mass is 79.9. The molecule has 1 amide bonds. The molecule has 84 valence electrons. The summed E-state index contributed by atoms with van der Waals surface area (Å²) >= 11 is 4.78. The molecule has 0 fully saturated rings. The summed E-state index contributed by atoms with van der Waals surface area (Å²) in [4.78, 5) is 14.4.